The predicted molar refractivity (Wildman–Crippen MR) is 115 cm³/mol. The SMILES string of the molecule is CN=C(NCCN(CC1CC1)C1CC1)NCC(C)c1ccsc1.I. The summed E-state index contributed by atoms with van der Waals surface area (Å²) in [4.78, 5) is 7.04. The second kappa shape index (κ2) is 9.97. The summed E-state index contributed by atoms with van der Waals surface area (Å²) >= 11 is 1.76. The highest BCUT2D eigenvalue weighted by molar-refractivity contribution is 14.0. The van der Waals surface area contributed by atoms with Crippen LogP contribution in [-0.4, -0.2) is 50.1 Å². The normalized spacial score (nSPS) is 19.0. The van der Waals surface area contributed by atoms with Gasteiger partial charge >= 0.3 is 0 Å². The molecule has 1 atom stereocenters. The van der Waals surface area contributed by atoms with Crippen LogP contribution < -0.4 is 10.6 Å². The van der Waals surface area contributed by atoms with Gasteiger partial charge in [0.15, 0.2) is 5.96 Å². The first-order chi connectivity index (χ1) is 11.3. The number of hydrogen-bond donors (Lipinski definition) is 2. The quantitative estimate of drug-likeness (QED) is 0.335. The highest BCUT2D eigenvalue weighted by Gasteiger charge is 2.33. The Kier molecular flexibility index (Phi) is 8.30. The summed E-state index contributed by atoms with van der Waals surface area (Å²) in [5.41, 5.74) is 1.40. The van der Waals surface area contributed by atoms with Crippen LogP contribution in [0.25, 0.3) is 0 Å². The van der Waals surface area contributed by atoms with E-state index in [2.05, 4.69) is 44.3 Å². The lowest BCUT2D eigenvalue weighted by Gasteiger charge is -2.23. The van der Waals surface area contributed by atoms with E-state index in [1.54, 1.807) is 11.3 Å². The van der Waals surface area contributed by atoms with Gasteiger partial charge in [0.25, 0.3) is 0 Å². The molecule has 2 aliphatic rings. The molecular formula is C18H31IN4S. The third-order valence-corrected chi connectivity index (χ3v) is 5.56. The van der Waals surface area contributed by atoms with Gasteiger partial charge in [-0.25, -0.2) is 0 Å². The van der Waals surface area contributed by atoms with Crippen LogP contribution in [0.15, 0.2) is 21.8 Å². The van der Waals surface area contributed by atoms with Crippen LogP contribution in [-0.2, 0) is 0 Å². The zero-order valence-corrected chi connectivity index (χ0v) is 18.0. The van der Waals surface area contributed by atoms with E-state index in [9.17, 15) is 0 Å². The molecule has 0 aromatic carbocycles. The van der Waals surface area contributed by atoms with Gasteiger partial charge in [-0.05, 0) is 59.9 Å². The number of thiophene rings is 1. The lowest BCUT2D eigenvalue weighted by molar-refractivity contribution is 0.256. The highest BCUT2D eigenvalue weighted by atomic mass is 127. The minimum Gasteiger partial charge on any atom is -0.356 e. The fourth-order valence-electron chi connectivity index (χ4n) is 2.96. The Morgan fingerprint density at radius 2 is 2.12 bits per heavy atom. The molecule has 6 heteroatoms. The lowest BCUT2D eigenvalue weighted by atomic mass is 10.1. The van der Waals surface area contributed by atoms with Crippen molar-refractivity contribution in [2.75, 3.05) is 33.2 Å². The van der Waals surface area contributed by atoms with Gasteiger partial charge in [0.1, 0.15) is 0 Å². The van der Waals surface area contributed by atoms with E-state index in [1.165, 1.54) is 37.8 Å². The number of halogens is 1. The Morgan fingerprint density at radius 3 is 2.71 bits per heavy atom. The molecule has 3 rings (SSSR count). The van der Waals surface area contributed by atoms with Crippen LogP contribution in [0.4, 0.5) is 0 Å². The van der Waals surface area contributed by atoms with Crippen molar-refractivity contribution < 1.29 is 0 Å². The second-order valence-corrected chi connectivity index (χ2v) is 7.79. The molecule has 2 fully saturated rings. The highest BCUT2D eigenvalue weighted by Crippen LogP contribution is 2.34. The van der Waals surface area contributed by atoms with E-state index in [0.29, 0.717) is 5.92 Å². The van der Waals surface area contributed by atoms with Crippen molar-refractivity contribution in [1.82, 2.24) is 15.5 Å². The number of rotatable bonds is 9. The van der Waals surface area contributed by atoms with E-state index in [-0.39, 0.29) is 24.0 Å². The number of guanidine groups is 1. The van der Waals surface area contributed by atoms with Crippen LogP contribution in [0.5, 0.6) is 0 Å². The van der Waals surface area contributed by atoms with Crippen molar-refractivity contribution in [3.8, 4) is 0 Å². The maximum Gasteiger partial charge on any atom is 0.191 e. The predicted octanol–water partition coefficient (Wildman–Crippen LogP) is 3.51. The summed E-state index contributed by atoms with van der Waals surface area (Å²) in [6.45, 7) is 6.61. The molecule has 1 unspecified atom stereocenters. The molecule has 0 saturated heterocycles. The molecule has 0 bridgehead atoms. The third-order valence-electron chi connectivity index (χ3n) is 4.86. The molecule has 2 aliphatic carbocycles. The summed E-state index contributed by atoms with van der Waals surface area (Å²) in [5, 5.41) is 11.3. The van der Waals surface area contributed by atoms with E-state index in [4.69, 9.17) is 0 Å². The molecule has 24 heavy (non-hydrogen) atoms. The van der Waals surface area contributed by atoms with Gasteiger partial charge < -0.3 is 10.6 Å². The van der Waals surface area contributed by atoms with Crippen LogP contribution in [0.3, 0.4) is 0 Å². The molecule has 1 aromatic rings. The molecule has 136 valence electrons. The second-order valence-electron chi connectivity index (χ2n) is 7.01. The Balaban J connectivity index is 0.00000208. The van der Waals surface area contributed by atoms with Gasteiger partial charge in [-0.15, -0.1) is 24.0 Å². The van der Waals surface area contributed by atoms with Crippen molar-refractivity contribution in [3.63, 3.8) is 0 Å². The first-order valence-corrected chi connectivity index (χ1v) is 9.91. The maximum atomic E-state index is 4.35. The van der Waals surface area contributed by atoms with E-state index in [1.807, 2.05) is 7.05 Å². The summed E-state index contributed by atoms with van der Waals surface area (Å²) in [7, 11) is 1.85. The third kappa shape index (κ3) is 6.52. The molecule has 0 amide bonds. The van der Waals surface area contributed by atoms with E-state index >= 15 is 0 Å². The molecule has 0 radical (unpaired) electrons. The smallest absolute Gasteiger partial charge is 0.191 e. The average molecular weight is 462 g/mol. The zero-order valence-electron chi connectivity index (χ0n) is 14.8. The van der Waals surface area contributed by atoms with Crippen molar-refractivity contribution >= 4 is 41.3 Å². The molecule has 0 spiro atoms. The standard InChI is InChI=1S/C18H30N4S.HI/c1-14(16-7-10-23-13-16)11-21-18(19-2)20-8-9-22(17-5-6-17)12-15-3-4-15;/h7,10,13-15,17H,3-6,8-9,11-12H2,1-2H3,(H2,19,20,21);1H. The molecule has 1 aromatic heterocycles. The topological polar surface area (TPSA) is 39.7 Å². The minimum absolute atomic E-state index is 0. The Bertz CT molecular complexity index is 497. The number of nitrogens with one attached hydrogen (secondary N) is 2. The van der Waals surface area contributed by atoms with Crippen molar-refractivity contribution in [2.45, 2.75) is 44.6 Å². The van der Waals surface area contributed by atoms with Gasteiger partial charge in [-0.3, -0.25) is 9.89 Å². The Hall–Kier alpha value is -0.340. The molecule has 2 saturated carbocycles. The first-order valence-electron chi connectivity index (χ1n) is 8.97. The maximum absolute atomic E-state index is 4.35. The molecular weight excluding hydrogens is 431 g/mol. The fraction of sp³-hybridized carbons (Fsp3) is 0.722. The largest absolute Gasteiger partial charge is 0.356 e. The van der Waals surface area contributed by atoms with Gasteiger partial charge in [-0.2, -0.15) is 11.3 Å². The monoisotopic (exact) mass is 462 g/mol. The van der Waals surface area contributed by atoms with Crippen molar-refractivity contribution in [3.05, 3.63) is 22.4 Å². The van der Waals surface area contributed by atoms with E-state index in [0.717, 1.165) is 37.6 Å². The van der Waals surface area contributed by atoms with Gasteiger partial charge in [0.2, 0.25) is 0 Å². The lowest BCUT2D eigenvalue weighted by Crippen LogP contribution is -2.43. The fourth-order valence-corrected chi connectivity index (χ4v) is 3.74. The van der Waals surface area contributed by atoms with Gasteiger partial charge in [0.05, 0.1) is 0 Å². The van der Waals surface area contributed by atoms with Crippen molar-refractivity contribution in [2.24, 2.45) is 10.9 Å². The van der Waals surface area contributed by atoms with Crippen LogP contribution in [0.2, 0.25) is 0 Å². The zero-order chi connectivity index (χ0) is 16.1. The summed E-state index contributed by atoms with van der Waals surface area (Å²) < 4.78 is 0. The van der Waals surface area contributed by atoms with Crippen LogP contribution >= 0.6 is 35.3 Å². The molecule has 4 nitrogen and oxygen atoms in total. The molecule has 0 aliphatic heterocycles. The minimum atomic E-state index is 0. The Morgan fingerprint density at radius 1 is 1.33 bits per heavy atom. The molecule has 1 heterocycles. The Labute approximate surface area is 167 Å². The number of nitrogens with zero attached hydrogens (tertiary/aromatic N) is 2. The average Bonchev–Trinajstić information content (AvgIpc) is 3.49. The van der Waals surface area contributed by atoms with Crippen molar-refractivity contribution in [1.29, 1.82) is 0 Å². The summed E-state index contributed by atoms with van der Waals surface area (Å²) in [6, 6.07) is 3.07. The number of aliphatic imine (C=N–C) groups is 1. The summed E-state index contributed by atoms with van der Waals surface area (Å²) in [6.07, 6.45) is 5.69. The molecule has 2 N–H and O–H groups in total. The number of hydrogen-bond acceptors (Lipinski definition) is 3. The van der Waals surface area contributed by atoms with E-state index < -0.39 is 0 Å². The first kappa shape index (κ1) is 20.0. The summed E-state index contributed by atoms with van der Waals surface area (Å²) in [5.74, 6) is 2.42. The van der Waals surface area contributed by atoms with Crippen LogP contribution in [0, 0.1) is 5.92 Å². The van der Waals surface area contributed by atoms with Crippen LogP contribution in [0.1, 0.15) is 44.1 Å². The van der Waals surface area contributed by atoms with Gasteiger partial charge in [0, 0.05) is 39.3 Å². The van der Waals surface area contributed by atoms with Gasteiger partial charge in [-0.1, -0.05) is 6.92 Å².